The van der Waals surface area contributed by atoms with Crippen molar-refractivity contribution >= 4 is 28.8 Å². The highest BCUT2D eigenvalue weighted by Gasteiger charge is 2.22. The first kappa shape index (κ1) is 19.5. The predicted molar refractivity (Wildman–Crippen MR) is 117 cm³/mol. The van der Waals surface area contributed by atoms with Gasteiger partial charge in [-0.3, -0.25) is 0 Å². The summed E-state index contributed by atoms with van der Waals surface area (Å²) in [4.78, 5) is 4.67. The third-order valence-electron chi connectivity index (χ3n) is 4.90. The molecule has 0 saturated carbocycles. The van der Waals surface area contributed by atoms with Crippen LogP contribution in [0.2, 0.25) is 5.02 Å². The number of nitrogens with zero attached hydrogens (tertiary/aromatic N) is 2. The zero-order chi connectivity index (χ0) is 21.4. The topological polar surface area (TPSA) is 57.0 Å². The number of hydrogen-bond donors (Lipinski definition) is 1. The number of nitrogens with one attached hydrogen (secondary N) is 1. The van der Waals surface area contributed by atoms with Gasteiger partial charge in [0.15, 0.2) is 11.5 Å². The first-order valence-corrected chi connectivity index (χ1v) is 10.3. The summed E-state index contributed by atoms with van der Waals surface area (Å²) in [5.74, 6) is 1.97. The van der Waals surface area contributed by atoms with Gasteiger partial charge in [-0.1, -0.05) is 23.7 Å². The van der Waals surface area contributed by atoms with Crippen LogP contribution in [0.5, 0.6) is 17.4 Å². The third kappa shape index (κ3) is 3.51. The number of fused-ring (bicyclic) bond motifs is 2. The fourth-order valence-electron chi connectivity index (χ4n) is 3.60. The zero-order valence-corrected chi connectivity index (χ0v) is 17.4. The van der Waals surface area contributed by atoms with Crippen molar-refractivity contribution in [2.24, 2.45) is 0 Å². The molecule has 1 N–H and O–H groups in total. The zero-order valence-electron chi connectivity index (χ0n) is 16.7. The van der Waals surface area contributed by atoms with Crippen molar-refractivity contribution in [3.8, 4) is 28.6 Å². The largest absolute Gasteiger partial charge is 0.486 e. The van der Waals surface area contributed by atoms with Gasteiger partial charge in [0, 0.05) is 11.8 Å². The van der Waals surface area contributed by atoms with Crippen LogP contribution in [0, 0.1) is 5.82 Å². The maximum absolute atomic E-state index is 14.8. The summed E-state index contributed by atoms with van der Waals surface area (Å²) in [5.41, 5.74) is 1.92. The molecular weight excluding hydrogens is 421 g/mol. The second kappa shape index (κ2) is 8.00. The summed E-state index contributed by atoms with van der Waals surface area (Å²) >= 11 is 6.38. The SMILES string of the molecule is CCOc1cccc2nc(-c3c(F)cccc3Cl)c(Nc3ccc4c(c3)OCCO4)n12. The van der Waals surface area contributed by atoms with E-state index >= 15 is 0 Å². The van der Waals surface area contributed by atoms with E-state index in [0.717, 1.165) is 5.69 Å². The molecule has 8 heteroatoms. The minimum Gasteiger partial charge on any atom is -0.486 e. The molecule has 5 rings (SSSR count). The van der Waals surface area contributed by atoms with Gasteiger partial charge in [-0.05, 0) is 43.3 Å². The van der Waals surface area contributed by atoms with E-state index in [9.17, 15) is 4.39 Å². The Morgan fingerprint density at radius 3 is 2.71 bits per heavy atom. The highest BCUT2D eigenvalue weighted by molar-refractivity contribution is 6.33. The van der Waals surface area contributed by atoms with Gasteiger partial charge in [0.2, 0.25) is 5.88 Å². The number of rotatable bonds is 5. The molecular formula is C23H19ClFN3O3. The van der Waals surface area contributed by atoms with Crippen LogP contribution in [-0.2, 0) is 0 Å². The molecule has 0 bridgehead atoms. The Labute approximate surface area is 183 Å². The summed E-state index contributed by atoms with van der Waals surface area (Å²) in [7, 11) is 0. The van der Waals surface area contributed by atoms with Gasteiger partial charge in [-0.15, -0.1) is 0 Å². The number of ether oxygens (including phenoxy) is 3. The maximum Gasteiger partial charge on any atom is 0.200 e. The van der Waals surface area contributed by atoms with Gasteiger partial charge < -0.3 is 19.5 Å². The van der Waals surface area contributed by atoms with Gasteiger partial charge in [-0.2, -0.15) is 0 Å². The fourth-order valence-corrected chi connectivity index (χ4v) is 3.85. The van der Waals surface area contributed by atoms with Gasteiger partial charge in [0.25, 0.3) is 0 Å². The first-order valence-electron chi connectivity index (χ1n) is 9.91. The van der Waals surface area contributed by atoms with Crippen LogP contribution in [0.4, 0.5) is 15.9 Å². The van der Waals surface area contributed by atoms with Crippen LogP contribution >= 0.6 is 11.6 Å². The standard InChI is InChI=1S/C23H19ClFN3O3/c1-2-29-20-8-4-7-19-27-22(21-15(24)5-3-6-16(21)25)23(28(19)20)26-14-9-10-17-18(13-14)31-12-11-30-17/h3-10,13,26H,2,11-12H2,1H3. The Hall–Kier alpha value is -3.45. The molecule has 31 heavy (non-hydrogen) atoms. The van der Waals surface area contributed by atoms with Gasteiger partial charge in [0.05, 0.1) is 17.2 Å². The lowest BCUT2D eigenvalue weighted by Crippen LogP contribution is -2.15. The van der Waals surface area contributed by atoms with Crippen LogP contribution < -0.4 is 19.5 Å². The number of hydrogen-bond acceptors (Lipinski definition) is 5. The lowest BCUT2D eigenvalue weighted by Gasteiger charge is -2.19. The number of pyridine rings is 1. The van der Waals surface area contributed by atoms with Crippen molar-refractivity contribution in [1.29, 1.82) is 0 Å². The molecule has 158 valence electrons. The summed E-state index contributed by atoms with van der Waals surface area (Å²) in [6.45, 7) is 3.37. The van der Waals surface area contributed by atoms with Crippen molar-refractivity contribution in [2.75, 3.05) is 25.1 Å². The third-order valence-corrected chi connectivity index (χ3v) is 5.22. The maximum atomic E-state index is 14.8. The predicted octanol–water partition coefficient (Wildman–Crippen LogP) is 5.71. The normalized spacial score (nSPS) is 12.7. The van der Waals surface area contributed by atoms with E-state index in [0.29, 0.717) is 54.4 Å². The highest BCUT2D eigenvalue weighted by Crippen LogP contribution is 2.40. The average molecular weight is 440 g/mol. The van der Waals surface area contributed by atoms with E-state index in [1.807, 2.05) is 43.3 Å². The molecule has 6 nitrogen and oxygen atoms in total. The molecule has 0 spiro atoms. The fraction of sp³-hybridized carbons (Fsp3) is 0.174. The Kier molecular flexibility index (Phi) is 5.03. The monoisotopic (exact) mass is 439 g/mol. The smallest absolute Gasteiger partial charge is 0.200 e. The molecule has 0 radical (unpaired) electrons. The molecule has 1 aliphatic rings. The number of aromatic nitrogens is 2. The van der Waals surface area contributed by atoms with Crippen molar-refractivity contribution in [1.82, 2.24) is 9.38 Å². The molecule has 4 aromatic rings. The Morgan fingerprint density at radius 1 is 1.10 bits per heavy atom. The molecule has 0 saturated heterocycles. The lowest BCUT2D eigenvalue weighted by molar-refractivity contribution is 0.171. The minimum atomic E-state index is -0.459. The van der Waals surface area contributed by atoms with Crippen LogP contribution in [0.1, 0.15) is 6.92 Å². The molecule has 2 aromatic heterocycles. The van der Waals surface area contributed by atoms with E-state index in [1.165, 1.54) is 6.07 Å². The number of anilines is 2. The number of halogens is 2. The van der Waals surface area contributed by atoms with Crippen LogP contribution in [0.3, 0.4) is 0 Å². The first-order chi connectivity index (χ1) is 15.2. The molecule has 0 amide bonds. The molecule has 1 aliphatic heterocycles. The van der Waals surface area contributed by atoms with E-state index in [2.05, 4.69) is 10.3 Å². The quantitative estimate of drug-likeness (QED) is 0.432. The van der Waals surface area contributed by atoms with Gasteiger partial charge in [0.1, 0.15) is 36.2 Å². The van der Waals surface area contributed by atoms with Gasteiger partial charge >= 0.3 is 0 Å². The molecule has 3 heterocycles. The Morgan fingerprint density at radius 2 is 1.90 bits per heavy atom. The second-order valence-electron chi connectivity index (χ2n) is 6.88. The van der Waals surface area contributed by atoms with E-state index < -0.39 is 5.82 Å². The Bertz CT molecular complexity index is 1250. The average Bonchev–Trinajstić information content (AvgIpc) is 3.12. The molecule has 0 aliphatic carbocycles. The summed E-state index contributed by atoms with van der Waals surface area (Å²) < 4.78 is 33.7. The lowest BCUT2D eigenvalue weighted by atomic mass is 10.1. The molecule has 0 atom stereocenters. The number of benzene rings is 2. The summed E-state index contributed by atoms with van der Waals surface area (Å²) in [6, 6.07) is 15.6. The molecule has 2 aromatic carbocycles. The minimum absolute atomic E-state index is 0.218. The van der Waals surface area contributed by atoms with Crippen LogP contribution in [0.15, 0.2) is 54.6 Å². The van der Waals surface area contributed by atoms with E-state index in [1.54, 1.807) is 16.5 Å². The summed E-state index contributed by atoms with van der Waals surface area (Å²) in [5, 5.41) is 3.63. The highest BCUT2D eigenvalue weighted by atomic mass is 35.5. The van der Waals surface area contributed by atoms with Crippen molar-refractivity contribution in [3.05, 3.63) is 65.4 Å². The van der Waals surface area contributed by atoms with Gasteiger partial charge in [-0.25, -0.2) is 13.8 Å². The van der Waals surface area contributed by atoms with Crippen molar-refractivity contribution < 1.29 is 18.6 Å². The van der Waals surface area contributed by atoms with E-state index in [-0.39, 0.29) is 10.6 Å². The van der Waals surface area contributed by atoms with E-state index in [4.69, 9.17) is 25.8 Å². The van der Waals surface area contributed by atoms with Crippen LogP contribution in [0.25, 0.3) is 16.9 Å². The Balaban J connectivity index is 1.71. The molecule has 0 unspecified atom stereocenters. The second-order valence-corrected chi connectivity index (χ2v) is 7.29. The van der Waals surface area contributed by atoms with Crippen LogP contribution in [-0.4, -0.2) is 29.2 Å². The summed E-state index contributed by atoms with van der Waals surface area (Å²) in [6.07, 6.45) is 0. The van der Waals surface area contributed by atoms with Crippen molar-refractivity contribution in [2.45, 2.75) is 6.92 Å². The van der Waals surface area contributed by atoms with Crippen molar-refractivity contribution in [3.63, 3.8) is 0 Å². The number of imidazole rings is 1. The molecule has 0 fully saturated rings.